The molecule has 0 aliphatic rings. The molecule has 2 N–H and O–H groups in total. The van der Waals surface area contributed by atoms with E-state index in [2.05, 4.69) is 11.6 Å². The number of hydrogen-bond donors (Lipinski definition) is 1. The zero-order valence-electron chi connectivity index (χ0n) is 5.26. The second-order valence-electron chi connectivity index (χ2n) is 1.49. The summed E-state index contributed by atoms with van der Waals surface area (Å²) in [6, 6.07) is 0. The molecule has 0 radical (unpaired) electrons. The summed E-state index contributed by atoms with van der Waals surface area (Å²) in [5.74, 6) is 0. The number of nitrogens with zero attached hydrogens (tertiary/aromatic N) is 1. The predicted octanol–water partition coefficient (Wildman–Crippen LogP) is 1.63. The molecule has 0 unspecified atom stereocenters. The molecule has 0 aromatic carbocycles. The van der Waals surface area contributed by atoms with Gasteiger partial charge in [0.25, 0.3) is 0 Å². The van der Waals surface area contributed by atoms with E-state index >= 15 is 0 Å². The van der Waals surface area contributed by atoms with Crippen molar-refractivity contribution in [3.63, 3.8) is 0 Å². The summed E-state index contributed by atoms with van der Waals surface area (Å²) in [6.07, 6.45) is 3.02. The van der Waals surface area contributed by atoms with Crippen LogP contribution in [0.3, 0.4) is 0 Å². The molecule has 0 aromatic rings. The molecule has 3 heteroatoms. The summed E-state index contributed by atoms with van der Waals surface area (Å²) < 4.78 is 0. The Kier molecular flexibility index (Phi) is 3.80. The smallest absolute Gasteiger partial charge is 0.147 e. The Bertz CT molecular complexity index is 154. The second kappa shape index (κ2) is 4.15. The van der Waals surface area contributed by atoms with Crippen LogP contribution in [0.5, 0.6) is 0 Å². The summed E-state index contributed by atoms with van der Waals surface area (Å²) in [7, 11) is 0. The van der Waals surface area contributed by atoms with Gasteiger partial charge in [-0.2, -0.15) is 0 Å². The maximum Gasteiger partial charge on any atom is 0.147 e. The second-order valence-corrected chi connectivity index (χ2v) is 1.85. The molecule has 9 heavy (non-hydrogen) atoms. The highest BCUT2D eigenvalue weighted by Crippen LogP contribution is 2.04. The van der Waals surface area contributed by atoms with Crippen molar-refractivity contribution in [3.8, 4) is 0 Å². The van der Waals surface area contributed by atoms with Crippen LogP contribution in [0.1, 0.15) is 6.92 Å². The van der Waals surface area contributed by atoms with Crippen LogP contribution in [-0.2, 0) is 0 Å². The first-order valence-corrected chi connectivity index (χ1v) is 2.83. The molecule has 0 aliphatic heterocycles. The molecular weight excluding hydrogens is 136 g/mol. The number of allylic oxidation sites excluding steroid dienone is 2. The molecule has 0 heterocycles. The molecule has 50 valence electrons. The molecule has 0 atom stereocenters. The average molecular weight is 145 g/mol. The van der Waals surface area contributed by atoms with Crippen molar-refractivity contribution in [3.05, 3.63) is 23.5 Å². The third-order valence-corrected chi connectivity index (χ3v) is 1.01. The van der Waals surface area contributed by atoms with Crippen molar-refractivity contribution in [2.24, 2.45) is 10.7 Å². The van der Waals surface area contributed by atoms with E-state index in [0.717, 1.165) is 0 Å². The van der Waals surface area contributed by atoms with Crippen molar-refractivity contribution < 1.29 is 0 Å². The van der Waals surface area contributed by atoms with E-state index < -0.39 is 0 Å². The fourth-order valence-electron chi connectivity index (χ4n) is 0.220. The zero-order valence-corrected chi connectivity index (χ0v) is 6.02. The first-order valence-electron chi connectivity index (χ1n) is 2.45. The largest absolute Gasteiger partial charge is 0.400 e. The van der Waals surface area contributed by atoms with Gasteiger partial charge in [-0.25, -0.2) is 4.99 Å². The van der Waals surface area contributed by atoms with Crippen LogP contribution in [0.2, 0.25) is 0 Å². The van der Waals surface area contributed by atoms with E-state index in [1.165, 1.54) is 12.3 Å². The minimum Gasteiger partial charge on any atom is -0.400 e. The quantitative estimate of drug-likeness (QED) is 0.464. The highest BCUT2D eigenvalue weighted by atomic mass is 35.5. The van der Waals surface area contributed by atoms with Gasteiger partial charge in [-0.3, -0.25) is 0 Å². The zero-order chi connectivity index (χ0) is 7.28. The van der Waals surface area contributed by atoms with Crippen LogP contribution >= 0.6 is 11.6 Å². The number of hydrogen-bond acceptors (Lipinski definition) is 2. The molecule has 0 amide bonds. The monoisotopic (exact) mass is 144 g/mol. The normalized spacial score (nSPS) is 13.6. The molecule has 0 saturated carbocycles. The van der Waals surface area contributed by atoms with Crippen LogP contribution in [0, 0.1) is 0 Å². The van der Waals surface area contributed by atoms with Gasteiger partial charge in [-0.1, -0.05) is 24.3 Å². The summed E-state index contributed by atoms with van der Waals surface area (Å²) in [5, 5.41) is 0.315. The summed E-state index contributed by atoms with van der Waals surface area (Å²) >= 11 is 5.50. The summed E-state index contributed by atoms with van der Waals surface area (Å²) in [4.78, 5) is 3.72. The standard InChI is InChI=1S/C6H9ClN2/c1-3-4-9-6(7)5(2)8/h3-4H,1,8H2,2H3/b6-5-,9-4?. The topological polar surface area (TPSA) is 38.4 Å². The van der Waals surface area contributed by atoms with Gasteiger partial charge in [0.2, 0.25) is 0 Å². The molecule has 0 fully saturated rings. The third-order valence-electron chi connectivity index (χ3n) is 0.619. The van der Waals surface area contributed by atoms with Gasteiger partial charge in [0.1, 0.15) is 5.16 Å². The average Bonchev–Trinajstić information content (AvgIpc) is 1.82. The summed E-state index contributed by atoms with van der Waals surface area (Å²) in [6.45, 7) is 5.10. The van der Waals surface area contributed by atoms with Gasteiger partial charge >= 0.3 is 0 Å². The summed E-state index contributed by atoms with van der Waals surface area (Å²) in [5.41, 5.74) is 5.79. The Balaban J connectivity index is 4.06. The number of halogens is 1. The lowest BCUT2D eigenvalue weighted by molar-refractivity contribution is 1.25. The van der Waals surface area contributed by atoms with Gasteiger partial charge < -0.3 is 5.73 Å². The molecule has 0 aromatic heterocycles. The lowest BCUT2D eigenvalue weighted by atomic mass is 10.6. The highest BCUT2D eigenvalue weighted by Gasteiger charge is 1.86. The highest BCUT2D eigenvalue weighted by molar-refractivity contribution is 6.30. The molecule has 0 bridgehead atoms. The lowest BCUT2D eigenvalue weighted by Crippen LogP contribution is -1.91. The van der Waals surface area contributed by atoms with Crippen LogP contribution < -0.4 is 5.73 Å². The number of aliphatic imine (C=N–C) groups is 1. The van der Waals surface area contributed by atoms with Gasteiger partial charge in [-0.15, -0.1) is 0 Å². The molecule has 0 saturated heterocycles. The first-order chi connectivity index (χ1) is 4.18. The Labute approximate surface area is 59.7 Å². The minimum atomic E-state index is 0.315. The van der Waals surface area contributed by atoms with Crippen LogP contribution in [0.4, 0.5) is 0 Å². The Hall–Kier alpha value is -0.760. The van der Waals surface area contributed by atoms with Crippen LogP contribution in [-0.4, -0.2) is 6.21 Å². The number of rotatable bonds is 2. The van der Waals surface area contributed by atoms with Crippen molar-refractivity contribution in [1.82, 2.24) is 0 Å². The van der Waals surface area contributed by atoms with Crippen LogP contribution in [0.15, 0.2) is 28.5 Å². The third kappa shape index (κ3) is 3.79. The predicted molar refractivity (Wildman–Crippen MR) is 41.4 cm³/mol. The van der Waals surface area contributed by atoms with Gasteiger partial charge in [0, 0.05) is 11.9 Å². The maximum absolute atomic E-state index is 5.50. The van der Waals surface area contributed by atoms with Crippen molar-refractivity contribution in [1.29, 1.82) is 0 Å². The van der Waals surface area contributed by atoms with Crippen LogP contribution in [0.25, 0.3) is 0 Å². The van der Waals surface area contributed by atoms with E-state index in [9.17, 15) is 0 Å². The van der Waals surface area contributed by atoms with E-state index in [1.54, 1.807) is 6.92 Å². The number of nitrogens with two attached hydrogens (primary N) is 1. The van der Waals surface area contributed by atoms with Gasteiger partial charge in [0.05, 0.1) is 0 Å². The molecule has 0 aliphatic carbocycles. The fraction of sp³-hybridized carbons (Fsp3) is 0.167. The Morgan fingerprint density at radius 1 is 1.78 bits per heavy atom. The van der Waals surface area contributed by atoms with Crippen molar-refractivity contribution in [2.45, 2.75) is 6.92 Å². The van der Waals surface area contributed by atoms with E-state index in [-0.39, 0.29) is 0 Å². The first kappa shape index (κ1) is 8.24. The van der Waals surface area contributed by atoms with E-state index in [0.29, 0.717) is 10.9 Å². The maximum atomic E-state index is 5.50. The van der Waals surface area contributed by atoms with E-state index in [1.807, 2.05) is 0 Å². The lowest BCUT2D eigenvalue weighted by Gasteiger charge is -1.89. The fourth-order valence-corrected chi connectivity index (χ4v) is 0.276. The molecule has 0 rings (SSSR count). The molecule has 0 spiro atoms. The SMILES string of the molecule is C=CC=N/C(Cl)=C(/C)N. The van der Waals surface area contributed by atoms with Crippen molar-refractivity contribution >= 4 is 17.8 Å². The van der Waals surface area contributed by atoms with E-state index in [4.69, 9.17) is 17.3 Å². The molecule has 2 nitrogen and oxygen atoms in total. The molecular formula is C6H9ClN2. The van der Waals surface area contributed by atoms with Crippen molar-refractivity contribution in [2.75, 3.05) is 0 Å². The van der Waals surface area contributed by atoms with Gasteiger partial charge in [0.15, 0.2) is 0 Å². The van der Waals surface area contributed by atoms with Gasteiger partial charge in [-0.05, 0) is 6.92 Å². The Morgan fingerprint density at radius 3 is 2.67 bits per heavy atom. The minimum absolute atomic E-state index is 0.315. The Morgan fingerprint density at radius 2 is 2.33 bits per heavy atom.